The Morgan fingerprint density at radius 2 is 1.60 bits per heavy atom. The normalized spacial score (nSPS) is 12.9. The summed E-state index contributed by atoms with van der Waals surface area (Å²) in [6.45, 7) is 13.0. The molecule has 0 bridgehead atoms. The van der Waals surface area contributed by atoms with Crippen molar-refractivity contribution in [2.75, 3.05) is 13.2 Å². The van der Waals surface area contributed by atoms with Crippen LogP contribution in [-0.4, -0.2) is 13.2 Å². The summed E-state index contributed by atoms with van der Waals surface area (Å²) in [4.78, 5) is 0. The van der Waals surface area contributed by atoms with Gasteiger partial charge in [-0.3, -0.25) is 0 Å². The van der Waals surface area contributed by atoms with E-state index in [1.165, 1.54) is 18.4 Å². The van der Waals surface area contributed by atoms with E-state index in [1.54, 1.807) is 0 Å². The summed E-state index contributed by atoms with van der Waals surface area (Å²) >= 11 is 0. The first kappa shape index (κ1) is 17.0. The molecule has 0 saturated carbocycles. The maximum Gasteiger partial charge on any atom is 0.119 e. The van der Waals surface area contributed by atoms with Crippen molar-refractivity contribution in [3.63, 3.8) is 0 Å². The van der Waals surface area contributed by atoms with E-state index in [0.29, 0.717) is 12.0 Å². The zero-order chi connectivity index (χ0) is 15.0. The predicted octanol–water partition coefficient (Wildman–Crippen LogP) is 4.81. The van der Waals surface area contributed by atoms with Gasteiger partial charge in [-0.25, -0.2) is 0 Å². The van der Waals surface area contributed by atoms with Gasteiger partial charge in [0.25, 0.3) is 0 Å². The first-order valence-corrected chi connectivity index (χ1v) is 7.95. The average Bonchev–Trinajstić information content (AvgIpc) is 2.41. The van der Waals surface area contributed by atoms with Gasteiger partial charge in [-0.15, -0.1) is 0 Å². The van der Waals surface area contributed by atoms with E-state index in [4.69, 9.17) is 4.74 Å². The summed E-state index contributed by atoms with van der Waals surface area (Å²) < 4.78 is 5.71. The zero-order valence-electron chi connectivity index (χ0n) is 13.8. The van der Waals surface area contributed by atoms with E-state index in [-0.39, 0.29) is 0 Å². The fourth-order valence-electron chi connectivity index (χ4n) is 2.06. The molecule has 1 atom stereocenters. The minimum Gasteiger partial charge on any atom is -0.493 e. The molecule has 20 heavy (non-hydrogen) atoms. The average molecular weight is 277 g/mol. The van der Waals surface area contributed by atoms with Gasteiger partial charge >= 0.3 is 0 Å². The lowest BCUT2D eigenvalue weighted by Crippen LogP contribution is -2.20. The molecule has 1 rings (SSSR count). The molecule has 0 saturated heterocycles. The summed E-state index contributed by atoms with van der Waals surface area (Å²) in [5.74, 6) is 2.33. The van der Waals surface area contributed by atoms with Crippen LogP contribution in [0.1, 0.15) is 59.1 Å². The Labute approximate surface area is 124 Å². The van der Waals surface area contributed by atoms with Crippen molar-refractivity contribution in [2.24, 2.45) is 11.8 Å². The van der Waals surface area contributed by atoms with E-state index >= 15 is 0 Å². The van der Waals surface area contributed by atoms with Gasteiger partial charge < -0.3 is 10.1 Å². The second-order valence-corrected chi connectivity index (χ2v) is 6.49. The Hall–Kier alpha value is -1.02. The lowest BCUT2D eigenvalue weighted by molar-refractivity contribution is 0.271. The Balaban J connectivity index is 2.35. The lowest BCUT2D eigenvalue weighted by Gasteiger charge is -2.15. The molecular formula is C18H31NO. The van der Waals surface area contributed by atoms with Crippen molar-refractivity contribution in [1.82, 2.24) is 5.32 Å². The Kier molecular flexibility index (Phi) is 7.68. The van der Waals surface area contributed by atoms with Crippen molar-refractivity contribution >= 4 is 0 Å². The van der Waals surface area contributed by atoms with Crippen LogP contribution in [0.4, 0.5) is 0 Å². The van der Waals surface area contributed by atoms with Gasteiger partial charge in [0.05, 0.1) is 6.61 Å². The molecule has 0 aliphatic heterocycles. The molecule has 2 heteroatoms. The maximum absolute atomic E-state index is 5.71. The van der Waals surface area contributed by atoms with Gasteiger partial charge in [-0.1, -0.05) is 39.8 Å². The van der Waals surface area contributed by atoms with Crippen molar-refractivity contribution in [3.05, 3.63) is 29.8 Å². The number of nitrogens with one attached hydrogen (secondary N) is 1. The zero-order valence-corrected chi connectivity index (χ0v) is 13.8. The van der Waals surface area contributed by atoms with Crippen molar-refractivity contribution in [2.45, 2.75) is 53.5 Å². The van der Waals surface area contributed by atoms with Crippen LogP contribution >= 0.6 is 0 Å². The Morgan fingerprint density at radius 1 is 0.950 bits per heavy atom. The summed E-state index contributed by atoms with van der Waals surface area (Å²) in [5, 5.41) is 3.58. The number of benzene rings is 1. The summed E-state index contributed by atoms with van der Waals surface area (Å²) in [6, 6.07) is 8.88. The molecule has 0 spiro atoms. The van der Waals surface area contributed by atoms with E-state index in [1.807, 2.05) is 0 Å². The topological polar surface area (TPSA) is 21.3 Å². The van der Waals surface area contributed by atoms with E-state index in [0.717, 1.165) is 24.8 Å². The first-order valence-electron chi connectivity index (χ1n) is 7.95. The number of rotatable bonds is 9. The monoisotopic (exact) mass is 277 g/mol. The highest BCUT2D eigenvalue weighted by Crippen LogP contribution is 2.18. The molecule has 1 aromatic carbocycles. The Bertz CT molecular complexity index is 356. The quantitative estimate of drug-likeness (QED) is 0.654. The molecule has 1 N–H and O–H groups in total. The number of hydrogen-bond donors (Lipinski definition) is 1. The molecule has 0 fully saturated rings. The van der Waals surface area contributed by atoms with Gasteiger partial charge in [0.1, 0.15) is 5.75 Å². The maximum atomic E-state index is 5.71. The van der Waals surface area contributed by atoms with Crippen LogP contribution in [0, 0.1) is 11.8 Å². The van der Waals surface area contributed by atoms with Gasteiger partial charge in [0.2, 0.25) is 0 Å². The Morgan fingerprint density at radius 3 is 2.15 bits per heavy atom. The van der Waals surface area contributed by atoms with Crippen LogP contribution in [0.5, 0.6) is 5.75 Å². The van der Waals surface area contributed by atoms with Crippen LogP contribution < -0.4 is 10.1 Å². The molecule has 1 unspecified atom stereocenters. The minimum absolute atomic E-state index is 0.404. The molecule has 0 heterocycles. The highest BCUT2D eigenvalue weighted by Gasteiger charge is 2.05. The molecule has 2 nitrogen and oxygen atoms in total. The van der Waals surface area contributed by atoms with E-state index in [2.05, 4.69) is 64.2 Å². The van der Waals surface area contributed by atoms with Crippen LogP contribution in [0.15, 0.2) is 24.3 Å². The fraction of sp³-hybridized carbons (Fsp3) is 0.667. The molecule has 0 aliphatic rings. The van der Waals surface area contributed by atoms with E-state index < -0.39 is 0 Å². The van der Waals surface area contributed by atoms with Crippen LogP contribution in [0.2, 0.25) is 0 Å². The van der Waals surface area contributed by atoms with Crippen molar-refractivity contribution in [3.8, 4) is 5.75 Å². The summed E-state index contributed by atoms with van der Waals surface area (Å²) in [7, 11) is 0. The van der Waals surface area contributed by atoms with Crippen LogP contribution in [0.25, 0.3) is 0 Å². The smallest absolute Gasteiger partial charge is 0.119 e. The third kappa shape index (κ3) is 6.95. The molecule has 114 valence electrons. The third-order valence-corrected chi connectivity index (χ3v) is 3.37. The number of hydrogen-bond acceptors (Lipinski definition) is 2. The number of ether oxygens (including phenoxy) is 1. The van der Waals surface area contributed by atoms with Crippen molar-refractivity contribution in [1.29, 1.82) is 0 Å². The highest BCUT2D eigenvalue weighted by atomic mass is 16.5. The first-order chi connectivity index (χ1) is 9.49. The molecule has 0 radical (unpaired) electrons. The summed E-state index contributed by atoms with van der Waals surface area (Å²) in [5.41, 5.74) is 1.33. The SMILES string of the molecule is CC(C)CCCNC(C)c1ccc(OCC(C)C)cc1. The third-order valence-electron chi connectivity index (χ3n) is 3.37. The largest absolute Gasteiger partial charge is 0.493 e. The van der Waals surface area contributed by atoms with E-state index in [9.17, 15) is 0 Å². The second kappa shape index (κ2) is 9.02. The summed E-state index contributed by atoms with van der Waals surface area (Å²) in [6.07, 6.45) is 2.54. The van der Waals surface area contributed by atoms with Gasteiger partial charge in [0.15, 0.2) is 0 Å². The van der Waals surface area contributed by atoms with Crippen LogP contribution in [0.3, 0.4) is 0 Å². The van der Waals surface area contributed by atoms with Gasteiger partial charge in [-0.05, 0) is 55.8 Å². The molecule has 0 aliphatic carbocycles. The fourth-order valence-corrected chi connectivity index (χ4v) is 2.06. The molecular weight excluding hydrogens is 246 g/mol. The predicted molar refractivity (Wildman–Crippen MR) is 87.3 cm³/mol. The molecule has 0 amide bonds. The molecule has 0 aromatic heterocycles. The minimum atomic E-state index is 0.404. The van der Waals surface area contributed by atoms with Gasteiger partial charge in [-0.2, -0.15) is 0 Å². The standard InChI is InChI=1S/C18H31NO/c1-14(2)7-6-12-19-16(5)17-8-10-18(11-9-17)20-13-15(3)4/h8-11,14-16,19H,6-7,12-13H2,1-5H3. The molecule has 1 aromatic rings. The van der Waals surface area contributed by atoms with Gasteiger partial charge in [0, 0.05) is 6.04 Å². The van der Waals surface area contributed by atoms with Crippen LogP contribution in [-0.2, 0) is 0 Å². The highest BCUT2D eigenvalue weighted by molar-refractivity contribution is 5.28. The lowest BCUT2D eigenvalue weighted by atomic mass is 10.1. The van der Waals surface area contributed by atoms with Crippen molar-refractivity contribution < 1.29 is 4.74 Å². The second-order valence-electron chi connectivity index (χ2n) is 6.49.